The molecule has 0 bridgehead atoms. The number of aliphatic carboxylic acids is 1. The predicted octanol–water partition coefficient (Wildman–Crippen LogP) is 3.23. The molecule has 19 heavy (non-hydrogen) atoms. The molecule has 0 saturated heterocycles. The second kappa shape index (κ2) is 13.8. The van der Waals surface area contributed by atoms with Gasteiger partial charge in [0.05, 0.1) is 0 Å². The molecule has 0 amide bonds. The summed E-state index contributed by atoms with van der Waals surface area (Å²) in [7, 11) is 0. The molecule has 0 aromatic carbocycles. The molecular weight excluding hydrogens is 244 g/mol. The highest BCUT2D eigenvalue weighted by atomic mass is 16.5. The van der Waals surface area contributed by atoms with E-state index < -0.39 is 5.97 Å². The number of ether oxygens (including phenoxy) is 1. The van der Waals surface area contributed by atoms with Crippen molar-refractivity contribution < 1.29 is 19.7 Å². The first kappa shape index (κ1) is 18.4. The minimum absolute atomic E-state index is 0.270. The zero-order chi connectivity index (χ0) is 14.3. The first-order chi connectivity index (χ1) is 9.16. The Morgan fingerprint density at radius 1 is 1.00 bits per heavy atom. The number of carboxylic acids is 1. The Balaban J connectivity index is 3.01. The van der Waals surface area contributed by atoms with Crippen LogP contribution in [0.25, 0.3) is 0 Å². The molecule has 0 rings (SSSR count). The summed E-state index contributed by atoms with van der Waals surface area (Å²) in [6.07, 6.45) is 8.73. The van der Waals surface area contributed by atoms with Crippen molar-refractivity contribution >= 4 is 5.97 Å². The van der Waals surface area contributed by atoms with Crippen molar-refractivity contribution in [3.63, 3.8) is 0 Å². The van der Waals surface area contributed by atoms with Gasteiger partial charge in [-0.05, 0) is 31.6 Å². The van der Waals surface area contributed by atoms with Gasteiger partial charge in [-0.2, -0.15) is 0 Å². The lowest BCUT2D eigenvalue weighted by Crippen LogP contribution is -2.00. The van der Waals surface area contributed by atoms with Gasteiger partial charge in [0.25, 0.3) is 0 Å². The molecule has 1 atom stereocenters. The maximum atomic E-state index is 10.3. The van der Waals surface area contributed by atoms with E-state index in [4.69, 9.17) is 14.9 Å². The van der Waals surface area contributed by atoms with Crippen LogP contribution in [0, 0.1) is 5.92 Å². The largest absolute Gasteiger partial charge is 0.481 e. The van der Waals surface area contributed by atoms with E-state index in [-0.39, 0.29) is 6.42 Å². The number of aliphatic hydroxyl groups excluding tert-OH is 1. The van der Waals surface area contributed by atoms with Crippen LogP contribution in [-0.4, -0.2) is 36.0 Å². The number of hydrogen-bond acceptors (Lipinski definition) is 3. The molecule has 0 saturated carbocycles. The van der Waals surface area contributed by atoms with E-state index >= 15 is 0 Å². The van der Waals surface area contributed by atoms with Crippen LogP contribution < -0.4 is 0 Å². The Labute approximate surface area is 117 Å². The standard InChI is InChI=1S/C15H30O4/c1-14(13-16)9-5-2-3-7-11-19-12-8-4-6-10-15(17)18/h14,16H,2-13H2,1H3,(H,17,18). The van der Waals surface area contributed by atoms with Crippen LogP contribution in [0.2, 0.25) is 0 Å². The zero-order valence-electron chi connectivity index (χ0n) is 12.3. The molecule has 2 N–H and O–H groups in total. The molecule has 4 nitrogen and oxygen atoms in total. The monoisotopic (exact) mass is 274 g/mol. The second-order valence-electron chi connectivity index (χ2n) is 5.31. The summed E-state index contributed by atoms with van der Waals surface area (Å²) in [5.74, 6) is -0.279. The third-order valence-electron chi connectivity index (χ3n) is 3.23. The molecule has 0 aliphatic heterocycles. The van der Waals surface area contributed by atoms with Crippen molar-refractivity contribution in [3.05, 3.63) is 0 Å². The molecule has 114 valence electrons. The minimum atomic E-state index is -0.712. The van der Waals surface area contributed by atoms with E-state index in [1.807, 2.05) is 0 Å². The van der Waals surface area contributed by atoms with Crippen molar-refractivity contribution in [2.45, 2.75) is 64.7 Å². The molecule has 0 aromatic rings. The average molecular weight is 274 g/mol. The van der Waals surface area contributed by atoms with Crippen molar-refractivity contribution in [3.8, 4) is 0 Å². The number of hydrogen-bond donors (Lipinski definition) is 2. The fourth-order valence-electron chi connectivity index (χ4n) is 1.90. The Morgan fingerprint density at radius 3 is 2.16 bits per heavy atom. The van der Waals surface area contributed by atoms with E-state index in [0.29, 0.717) is 12.5 Å². The molecule has 0 spiro atoms. The quantitative estimate of drug-likeness (QED) is 0.477. The maximum Gasteiger partial charge on any atom is 0.303 e. The first-order valence-corrected chi connectivity index (χ1v) is 7.57. The normalized spacial score (nSPS) is 12.5. The van der Waals surface area contributed by atoms with E-state index in [1.165, 1.54) is 19.3 Å². The summed E-state index contributed by atoms with van der Waals surface area (Å²) < 4.78 is 5.50. The molecule has 0 radical (unpaired) electrons. The molecule has 4 heteroatoms. The van der Waals surface area contributed by atoms with Crippen LogP contribution in [0.5, 0.6) is 0 Å². The molecule has 0 aliphatic rings. The van der Waals surface area contributed by atoms with Crippen LogP contribution in [-0.2, 0) is 9.53 Å². The fraction of sp³-hybridized carbons (Fsp3) is 0.933. The Morgan fingerprint density at radius 2 is 1.58 bits per heavy atom. The summed E-state index contributed by atoms with van der Waals surface area (Å²) in [6.45, 7) is 3.94. The molecule has 0 fully saturated rings. The highest BCUT2D eigenvalue weighted by molar-refractivity contribution is 5.66. The molecule has 1 unspecified atom stereocenters. The summed E-state index contributed by atoms with van der Waals surface area (Å²) in [5, 5.41) is 17.3. The molecule has 0 heterocycles. The van der Waals surface area contributed by atoms with Gasteiger partial charge >= 0.3 is 5.97 Å². The Kier molecular flexibility index (Phi) is 13.4. The highest BCUT2D eigenvalue weighted by Gasteiger charge is 1.99. The van der Waals surface area contributed by atoms with E-state index in [1.54, 1.807) is 0 Å². The highest BCUT2D eigenvalue weighted by Crippen LogP contribution is 2.09. The van der Waals surface area contributed by atoms with Crippen molar-refractivity contribution in [2.75, 3.05) is 19.8 Å². The lowest BCUT2D eigenvalue weighted by molar-refractivity contribution is -0.137. The lowest BCUT2D eigenvalue weighted by atomic mass is 10.0. The number of aliphatic hydroxyl groups is 1. The van der Waals surface area contributed by atoms with Crippen LogP contribution in [0.3, 0.4) is 0 Å². The SMILES string of the molecule is CC(CO)CCCCCCOCCCCCC(=O)O. The average Bonchev–Trinajstić information content (AvgIpc) is 2.39. The summed E-state index contributed by atoms with van der Waals surface area (Å²) in [5.41, 5.74) is 0. The van der Waals surface area contributed by atoms with Crippen LogP contribution in [0.4, 0.5) is 0 Å². The number of rotatable bonds is 14. The third-order valence-corrected chi connectivity index (χ3v) is 3.23. The third kappa shape index (κ3) is 15.3. The van der Waals surface area contributed by atoms with E-state index in [2.05, 4.69) is 6.92 Å². The summed E-state index contributed by atoms with van der Waals surface area (Å²) in [6, 6.07) is 0. The predicted molar refractivity (Wildman–Crippen MR) is 76.3 cm³/mol. The topological polar surface area (TPSA) is 66.8 Å². The summed E-state index contributed by atoms with van der Waals surface area (Å²) in [4.78, 5) is 10.3. The van der Waals surface area contributed by atoms with E-state index in [9.17, 15) is 4.79 Å². The molecular formula is C15H30O4. The van der Waals surface area contributed by atoms with Gasteiger partial charge in [0.1, 0.15) is 0 Å². The van der Waals surface area contributed by atoms with Crippen molar-refractivity contribution in [1.29, 1.82) is 0 Å². The van der Waals surface area contributed by atoms with Crippen LogP contribution in [0.1, 0.15) is 64.7 Å². The van der Waals surface area contributed by atoms with Crippen LogP contribution in [0.15, 0.2) is 0 Å². The number of unbranched alkanes of at least 4 members (excludes halogenated alkanes) is 5. The number of carboxylic acid groups (broad SMARTS) is 1. The van der Waals surface area contributed by atoms with Gasteiger partial charge in [-0.25, -0.2) is 0 Å². The Bertz CT molecular complexity index is 206. The lowest BCUT2D eigenvalue weighted by Gasteiger charge is -2.07. The number of carbonyl (C=O) groups is 1. The minimum Gasteiger partial charge on any atom is -0.481 e. The van der Waals surface area contributed by atoms with Crippen molar-refractivity contribution in [1.82, 2.24) is 0 Å². The Hall–Kier alpha value is -0.610. The molecule has 0 aliphatic carbocycles. The van der Waals surface area contributed by atoms with Gasteiger partial charge in [0.15, 0.2) is 0 Å². The van der Waals surface area contributed by atoms with Crippen LogP contribution >= 0.6 is 0 Å². The first-order valence-electron chi connectivity index (χ1n) is 7.57. The zero-order valence-corrected chi connectivity index (χ0v) is 12.3. The molecule has 0 aromatic heterocycles. The van der Waals surface area contributed by atoms with Gasteiger partial charge in [-0.1, -0.05) is 32.6 Å². The maximum absolute atomic E-state index is 10.3. The van der Waals surface area contributed by atoms with Gasteiger partial charge in [-0.15, -0.1) is 0 Å². The van der Waals surface area contributed by atoms with Crippen molar-refractivity contribution in [2.24, 2.45) is 5.92 Å². The van der Waals surface area contributed by atoms with Gasteiger partial charge in [0.2, 0.25) is 0 Å². The van der Waals surface area contributed by atoms with Gasteiger partial charge < -0.3 is 14.9 Å². The van der Waals surface area contributed by atoms with E-state index in [0.717, 1.165) is 45.3 Å². The summed E-state index contributed by atoms with van der Waals surface area (Å²) >= 11 is 0. The van der Waals surface area contributed by atoms with Gasteiger partial charge in [0, 0.05) is 26.2 Å². The van der Waals surface area contributed by atoms with Gasteiger partial charge in [-0.3, -0.25) is 4.79 Å². The fourth-order valence-corrected chi connectivity index (χ4v) is 1.90. The second-order valence-corrected chi connectivity index (χ2v) is 5.31. The smallest absolute Gasteiger partial charge is 0.303 e.